The first kappa shape index (κ1) is 11.2. The number of carbonyl (C=O) groups is 1. The summed E-state index contributed by atoms with van der Waals surface area (Å²) in [4.78, 5) is 15.2. The highest BCUT2D eigenvalue weighted by molar-refractivity contribution is 6.03. The highest BCUT2D eigenvalue weighted by Gasteiger charge is 2.19. The zero-order chi connectivity index (χ0) is 12.4. The molecule has 1 N–H and O–H groups in total. The van der Waals surface area contributed by atoms with Gasteiger partial charge in [0.1, 0.15) is 11.3 Å². The lowest BCUT2D eigenvalue weighted by molar-refractivity contribution is 0.0666. The lowest BCUT2D eigenvalue weighted by Crippen LogP contribution is -1.96. The first-order chi connectivity index (χ1) is 8.13. The third-order valence-corrected chi connectivity index (χ3v) is 2.33. The maximum atomic E-state index is 11.1. The molecule has 0 aliphatic carbocycles. The summed E-state index contributed by atoms with van der Waals surface area (Å²) in [6, 6.07) is 7.02. The molecule has 0 atom stereocenters. The van der Waals surface area contributed by atoms with Gasteiger partial charge in [-0.15, -0.1) is 0 Å². The van der Waals surface area contributed by atoms with Crippen molar-refractivity contribution in [3.8, 4) is 0 Å². The predicted molar refractivity (Wildman–Crippen MR) is 63.0 cm³/mol. The Morgan fingerprint density at radius 3 is 2.76 bits per heavy atom. The number of furan rings is 1. The van der Waals surface area contributed by atoms with E-state index in [1.807, 2.05) is 0 Å². The van der Waals surface area contributed by atoms with E-state index in [0.29, 0.717) is 16.9 Å². The van der Waals surface area contributed by atoms with Gasteiger partial charge in [-0.05, 0) is 12.1 Å². The summed E-state index contributed by atoms with van der Waals surface area (Å²) < 4.78 is 10.2. The number of carboxylic acid groups (broad SMARTS) is 1. The maximum Gasteiger partial charge on any atom is 0.374 e. The van der Waals surface area contributed by atoms with Crippen LogP contribution in [-0.4, -0.2) is 24.1 Å². The minimum atomic E-state index is -1.15. The number of aliphatic imine (C=N–C) groups is 1. The van der Waals surface area contributed by atoms with E-state index in [2.05, 4.69) is 4.99 Å². The number of methoxy groups -OCH3 is 1. The molecule has 2 aromatic rings. The second kappa shape index (κ2) is 4.29. The highest BCUT2D eigenvalue weighted by Crippen LogP contribution is 2.33. The van der Waals surface area contributed by atoms with E-state index in [1.165, 1.54) is 7.11 Å². The summed E-state index contributed by atoms with van der Waals surface area (Å²) in [6.45, 7) is 1.65. The first-order valence-electron chi connectivity index (χ1n) is 4.97. The normalized spacial score (nSPS) is 11.8. The number of benzene rings is 1. The number of nitrogens with zero attached hydrogens (tertiary/aromatic N) is 1. The molecule has 5 heteroatoms. The van der Waals surface area contributed by atoms with Gasteiger partial charge in [0.15, 0.2) is 5.90 Å². The van der Waals surface area contributed by atoms with Crippen LogP contribution in [0.5, 0.6) is 0 Å². The summed E-state index contributed by atoms with van der Waals surface area (Å²) in [5.74, 6) is -0.953. The van der Waals surface area contributed by atoms with Crippen LogP contribution in [0.15, 0.2) is 33.7 Å². The molecule has 0 saturated carbocycles. The molecule has 0 unspecified atom stereocenters. The van der Waals surface area contributed by atoms with Crippen molar-refractivity contribution in [3.05, 3.63) is 30.0 Å². The number of carboxylic acids is 1. The van der Waals surface area contributed by atoms with Crippen LogP contribution in [0.4, 0.5) is 5.69 Å². The molecule has 0 aliphatic rings. The van der Waals surface area contributed by atoms with Gasteiger partial charge >= 0.3 is 5.97 Å². The smallest absolute Gasteiger partial charge is 0.374 e. The molecular weight excluding hydrogens is 222 g/mol. The molecule has 1 aromatic carbocycles. The van der Waals surface area contributed by atoms with Gasteiger partial charge in [-0.1, -0.05) is 12.1 Å². The summed E-state index contributed by atoms with van der Waals surface area (Å²) in [5, 5.41) is 9.70. The second-order valence-electron chi connectivity index (χ2n) is 3.42. The van der Waals surface area contributed by atoms with Crippen LogP contribution in [0.2, 0.25) is 0 Å². The largest absolute Gasteiger partial charge is 0.484 e. The van der Waals surface area contributed by atoms with Gasteiger partial charge in [0, 0.05) is 12.3 Å². The van der Waals surface area contributed by atoms with Crippen molar-refractivity contribution in [1.29, 1.82) is 0 Å². The Bertz CT molecular complexity index is 598. The van der Waals surface area contributed by atoms with Crippen LogP contribution in [0.3, 0.4) is 0 Å². The lowest BCUT2D eigenvalue weighted by Gasteiger charge is -1.97. The number of ether oxygens (including phenoxy) is 1. The molecular formula is C12H11NO4. The number of hydrogen-bond donors (Lipinski definition) is 1. The number of hydrogen-bond acceptors (Lipinski definition) is 4. The monoisotopic (exact) mass is 233 g/mol. The Hall–Kier alpha value is -2.30. The molecule has 5 nitrogen and oxygen atoms in total. The fraction of sp³-hybridized carbons (Fsp3) is 0.167. The number of aromatic carboxylic acids is 1. The van der Waals surface area contributed by atoms with Crippen molar-refractivity contribution >= 4 is 28.5 Å². The summed E-state index contributed by atoms with van der Waals surface area (Å²) >= 11 is 0. The Morgan fingerprint density at radius 2 is 2.12 bits per heavy atom. The molecule has 0 fully saturated rings. The molecule has 0 amide bonds. The second-order valence-corrected chi connectivity index (χ2v) is 3.42. The lowest BCUT2D eigenvalue weighted by atomic mass is 10.2. The van der Waals surface area contributed by atoms with Crippen molar-refractivity contribution < 1.29 is 19.1 Å². The van der Waals surface area contributed by atoms with Crippen LogP contribution in [-0.2, 0) is 4.74 Å². The maximum absolute atomic E-state index is 11.1. The Labute approximate surface area is 97.3 Å². The molecule has 0 radical (unpaired) electrons. The Morgan fingerprint density at radius 1 is 1.41 bits per heavy atom. The SMILES string of the molecule is CO/C(C)=N/c1c(C(=O)O)oc2ccccc12. The molecule has 2 rings (SSSR count). The molecule has 0 spiro atoms. The minimum absolute atomic E-state index is 0.178. The molecule has 0 saturated heterocycles. The van der Waals surface area contributed by atoms with E-state index in [-0.39, 0.29) is 11.4 Å². The molecule has 0 aliphatic heterocycles. The molecule has 0 bridgehead atoms. The number of para-hydroxylation sites is 1. The van der Waals surface area contributed by atoms with E-state index >= 15 is 0 Å². The van der Waals surface area contributed by atoms with Crippen LogP contribution in [0, 0.1) is 0 Å². The van der Waals surface area contributed by atoms with E-state index < -0.39 is 5.97 Å². The highest BCUT2D eigenvalue weighted by atomic mass is 16.5. The van der Waals surface area contributed by atoms with Crippen molar-refractivity contribution in [2.24, 2.45) is 4.99 Å². The molecule has 1 heterocycles. The summed E-state index contributed by atoms with van der Waals surface area (Å²) in [5.41, 5.74) is 0.778. The van der Waals surface area contributed by atoms with Crippen LogP contribution in [0.1, 0.15) is 17.5 Å². The van der Waals surface area contributed by atoms with Gasteiger partial charge in [-0.2, -0.15) is 0 Å². The third kappa shape index (κ3) is 1.99. The fourth-order valence-corrected chi connectivity index (χ4v) is 1.49. The van der Waals surface area contributed by atoms with Crippen molar-refractivity contribution in [2.45, 2.75) is 6.92 Å². The van der Waals surface area contributed by atoms with Gasteiger partial charge in [0.05, 0.1) is 7.11 Å². The zero-order valence-electron chi connectivity index (χ0n) is 9.43. The summed E-state index contributed by atoms with van der Waals surface area (Å²) in [7, 11) is 1.47. The van der Waals surface area contributed by atoms with Gasteiger partial charge in [-0.25, -0.2) is 9.79 Å². The minimum Gasteiger partial charge on any atom is -0.484 e. The average Bonchev–Trinajstić information content (AvgIpc) is 2.68. The third-order valence-electron chi connectivity index (χ3n) is 2.33. The molecule has 17 heavy (non-hydrogen) atoms. The van der Waals surface area contributed by atoms with E-state index in [4.69, 9.17) is 14.3 Å². The zero-order valence-corrected chi connectivity index (χ0v) is 9.43. The number of rotatable bonds is 2. The van der Waals surface area contributed by atoms with Crippen molar-refractivity contribution in [2.75, 3.05) is 7.11 Å². The Kier molecular flexibility index (Phi) is 2.82. The first-order valence-corrected chi connectivity index (χ1v) is 4.97. The standard InChI is InChI=1S/C12H11NO4/c1-7(16-2)13-10-8-5-3-4-6-9(8)17-11(10)12(14)15/h3-6H,1-2H3,(H,14,15)/b13-7+. The Balaban J connectivity index is 2.72. The average molecular weight is 233 g/mol. The van der Waals surface area contributed by atoms with Crippen LogP contribution in [0.25, 0.3) is 11.0 Å². The van der Waals surface area contributed by atoms with Crippen LogP contribution >= 0.6 is 0 Å². The van der Waals surface area contributed by atoms with Crippen LogP contribution < -0.4 is 0 Å². The van der Waals surface area contributed by atoms with E-state index in [1.54, 1.807) is 31.2 Å². The quantitative estimate of drug-likeness (QED) is 0.639. The van der Waals surface area contributed by atoms with Gasteiger partial charge in [0.25, 0.3) is 0 Å². The predicted octanol–water partition coefficient (Wildman–Crippen LogP) is 2.83. The molecule has 1 aromatic heterocycles. The van der Waals surface area contributed by atoms with E-state index in [0.717, 1.165) is 0 Å². The number of fused-ring (bicyclic) bond motifs is 1. The fourth-order valence-electron chi connectivity index (χ4n) is 1.49. The van der Waals surface area contributed by atoms with Crippen molar-refractivity contribution in [1.82, 2.24) is 0 Å². The van der Waals surface area contributed by atoms with Gasteiger partial charge < -0.3 is 14.3 Å². The molecule has 88 valence electrons. The van der Waals surface area contributed by atoms with Crippen molar-refractivity contribution in [3.63, 3.8) is 0 Å². The summed E-state index contributed by atoms with van der Waals surface area (Å²) in [6.07, 6.45) is 0. The topological polar surface area (TPSA) is 72.0 Å². The van der Waals surface area contributed by atoms with Gasteiger partial charge in [0.2, 0.25) is 5.76 Å². The van der Waals surface area contributed by atoms with Gasteiger partial charge in [-0.3, -0.25) is 0 Å². The van der Waals surface area contributed by atoms with E-state index in [9.17, 15) is 4.79 Å².